The van der Waals surface area contributed by atoms with Crippen LogP contribution >= 0.6 is 12.8 Å². The Labute approximate surface area is 83.0 Å². The zero-order valence-corrected chi connectivity index (χ0v) is 8.44. The molecule has 0 spiro atoms. The molecule has 1 atom stereocenters. The molecule has 2 heterocycles. The molecule has 4 nitrogen and oxygen atoms in total. The van der Waals surface area contributed by atoms with Gasteiger partial charge in [0.15, 0.2) is 0 Å². The molecule has 1 unspecified atom stereocenters. The zero-order chi connectivity index (χ0) is 9.26. The van der Waals surface area contributed by atoms with Gasteiger partial charge in [-0.05, 0) is 25.9 Å². The van der Waals surface area contributed by atoms with Gasteiger partial charge < -0.3 is 9.64 Å². The molecule has 13 heavy (non-hydrogen) atoms. The summed E-state index contributed by atoms with van der Waals surface area (Å²) in [5.41, 5.74) is 0.960. The molecule has 0 bridgehead atoms. The van der Waals surface area contributed by atoms with Gasteiger partial charge in [0.2, 0.25) is 0 Å². The number of likely N-dealkylation sites (N-methyl/N-ethyl adjacent to an activating group) is 1. The molecule has 0 saturated carbocycles. The summed E-state index contributed by atoms with van der Waals surface area (Å²) in [4.78, 5) is 2.24. The third kappa shape index (κ3) is 2.04. The van der Waals surface area contributed by atoms with Gasteiger partial charge in [-0.2, -0.15) is 5.10 Å². The molecule has 0 N–H and O–H groups in total. The maximum atomic E-state index is 5.60. The minimum absolute atomic E-state index is 0.104. The molecule has 1 aromatic heterocycles. The van der Waals surface area contributed by atoms with Gasteiger partial charge in [0.1, 0.15) is 6.10 Å². The van der Waals surface area contributed by atoms with Crippen LogP contribution in [-0.4, -0.2) is 40.8 Å². The van der Waals surface area contributed by atoms with Crippen LogP contribution in [0.1, 0.15) is 11.8 Å². The van der Waals surface area contributed by atoms with E-state index in [1.165, 1.54) is 4.09 Å². The molecule has 0 radical (unpaired) electrons. The fourth-order valence-corrected chi connectivity index (χ4v) is 1.63. The smallest absolute Gasteiger partial charge is 0.114 e. The summed E-state index contributed by atoms with van der Waals surface area (Å²) in [6.07, 6.45) is 1.92. The van der Waals surface area contributed by atoms with Crippen LogP contribution in [0.2, 0.25) is 0 Å². The Morgan fingerprint density at radius 1 is 1.69 bits per heavy atom. The van der Waals surface area contributed by atoms with E-state index in [1.54, 1.807) is 0 Å². The topological polar surface area (TPSA) is 30.3 Å². The first-order valence-electron chi connectivity index (χ1n) is 4.30. The summed E-state index contributed by atoms with van der Waals surface area (Å²) in [7, 11) is 2.09. The molecule has 5 heteroatoms. The first-order valence-corrected chi connectivity index (χ1v) is 4.70. The molecule has 1 fully saturated rings. The highest BCUT2D eigenvalue weighted by atomic mass is 32.1. The van der Waals surface area contributed by atoms with Crippen molar-refractivity contribution in [2.24, 2.45) is 0 Å². The fourth-order valence-electron chi connectivity index (χ4n) is 1.46. The summed E-state index contributed by atoms with van der Waals surface area (Å²) in [6, 6.07) is 1.94. The minimum Gasteiger partial charge on any atom is -0.369 e. The molecule has 1 saturated heterocycles. The first kappa shape index (κ1) is 9.05. The number of rotatable bonds is 1. The van der Waals surface area contributed by atoms with Crippen molar-refractivity contribution in [1.82, 2.24) is 14.1 Å². The number of ether oxygens (including phenoxy) is 1. The number of morpholine rings is 1. The van der Waals surface area contributed by atoms with Crippen LogP contribution in [0, 0.1) is 0 Å². The molecule has 1 aliphatic heterocycles. The van der Waals surface area contributed by atoms with Crippen LogP contribution in [0.3, 0.4) is 0 Å². The van der Waals surface area contributed by atoms with Crippen LogP contribution in [0.25, 0.3) is 0 Å². The van der Waals surface area contributed by atoms with Crippen molar-refractivity contribution in [3.05, 3.63) is 18.0 Å². The third-order valence-corrected chi connectivity index (χ3v) is 2.42. The van der Waals surface area contributed by atoms with E-state index in [4.69, 9.17) is 4.74 Å². The largest absolute Gasteiger partial charge is 0.369 e. The monoisotopic (exact) mass is 199 g/mol. The van der Waals surface area contributed by atoms with Gasteiger partial charge in [-0.15, -0.1) is 0 Å². The second kappa shape index (κ2) is 3.69. The Kier molecular flexibility index (Phi) is 2.57. The predicted molar refractivity (Wildman–Crippen MR) is 52.8 cm³/mol. The highest BCUT2D eigenvalue weighted by Crippen LogP contribution is 2.19. The molecule has 2 rings (SSSR count). The quantitative estimate of drug-likeness (QED) is 0.671. The van der Waals surface area contributed by atoms with E-state index in [0.29, 0.717) is 0 Å². The maximum absolute atomic E-state index is 5.60. The highest BCUT2D eigenvalue weighted by Gasteiger charge is 2.21. The molecule has 0 aliphatic carbocycles. The summed E-state index contributed by atoms with van der Waals surface area (Å²) >= 11 is 4.08. The molecule has 1 aromatic rings. The summed E-state index contributed by atoms with van der Waals surface area (Å²) in [5.74, 6) is 0. The van der Waals surface area contributed by atoms with Crippen molar-refractivity contribution in [1.29, 1.82) is 0 Å². The highest BCUT2D eigenvalue weighted by molar-refractivity contribution is 7.78. The molecule has 72 valence electrons. The van der Waals surface area contributed by atoms with Crippen LogP contribution in [0.5, 0.6) is 0 Å². The minimum atomic E-state index is 0.104. The summed E-state index contributed by atoms with van der Waals surface area (Å²) in [5, 5.41) is 4.20. The second-order valence-corrected chi connectivity index (χ2v) is 3.69. The Balaban J connectivity index is 2.08. The van der Waals surface area contributed by atoms with Gasteiger partial charge in [-0.25, -0.2) is 4.09 Å². The lowest BCUT2D eigenvalue weighted by atomic mass is 10.2. The van der Waals surface area contributed by atoms with E-state index in [2.05, 4.69) is 29.9 Å². The van der Waals surface area contributed by atoms with Crippen molar-refractivity contribution >= 4 is 12.8 Å². The van der Waals surface area contributed by atoms with Crippen molar-refractivity contribution in [3.8, 4) is 0 Å². The normalized spacial score (nSPS) is 24.9. The van der Waals surface area contributed by atoms with Crippen molar-refractivity contribution in [2.75, 3.05) is 26.7 Å². The summed E-state index contributed by atoms with van der Waals surface area (Å²) < 4.78 is 7.10. The Bertz CT molecular complexity index is 289. The number of thiol groups is 1. The molecular weight excluding hydrogens is 186 g/mol. The Morgan fingerprint density at radius 3 is 3.15 bits per heavy atom. The van der Waals surface area contributed by atoms with Gasteiger partial charge in [-0.1, -0.05) is 0 Å². The number of hydrogen-bond acceptors (Lipinski definition) is 4. The maximum Gasteiger partial charge on any atom is 0.114 e. The van der Waals surface area contributed by atoms with E-state index < -0.39 is 0 Å². The average molecular weight is 199 g/mol. The number of hydrogen-bond donors (Lipinski definition) is 1. The van der Waals surface area contributed by atoms with E-state index in [9.17, 15) is 0 Å². The van der Waals surface area contributed by atoms with E-state index >= 15 is 0 Å². The van der Waals surface area contributed by atoms with Crippen LogP contribution in [0.15, 0.2) is 12.3 Å². The van der Waals surface area contributed by atoms with Crippen molar-refractivity contribution in [2.45, 2.75) is 6.10 Å². The second-order valence-electron chi connectivity index (χ2n) is 3.28. The first-order chi connectivity index (χ1) is 6.25. The van der Waals surface area contributed by atoms with Gasteiger partial charge in [0.05, 0.1) is 12.3 Å². The van der Waals surface area contributed by atoms with Gasteiger partial charge >= 0.3 is 0 Å². The number of nitrogens with zero attached hydrogens (tertiary/aromatic N) is 3. The Hall–Kier alpha value is -0.520. The van der Waals surface area contributed by atoms with Gasteiger partial charge in [0, 0.05) is 19.3 Å². The zero-order valence-electron chi connectivity index (χ0n) is 7.55. The van der Waals surface area contributed by atoms with E-state index in [1.807, 2.05) is 12.3 Å². The fraction of sp³-hybridized carbons (Fsp3) is 0.625. The molecule has 0 amide bonds. The van der Waals surface area contributed by atoms with Crippen molar-refractivity contribution in [3.63, 3.8) is 0 Å². The lowest BCUT2D eigenvalue weighted by Crippen LogP contribution is -2.35. The number of aromatic nitrogens is 2. The van der Waals surface area contributed by atoms with Crippen LogP contribution in [-0.2, 0) is 4.74 Å². The van der Waals surface area contributed by atoms with Crippen molar-refractivity contribution < 1.29 is 4.74 Å². The van der Waals surface area contributed by atoms with Gasteiger partial charge in [0.25, 0.3) is 0 Å². The van der Waals surface area contributed by atoms with E-state index in [-0.39, 0.29) is 6.10 Å². The average Bonchev–Trinajstić information content (AvgIpc) is 2.52. The van der Waals surface area contributed by atoms with Crippen LogP contribution in [0.4, 0.5) is 0 Å². The van der Waals surface area contributed by atoms with Gasteiger partial charge in [-0.3, -0.25) is 0 Å². The predicted octanol–water partition coefficient (Wildman–Crippen LogP) is 0.579. The molecule has 1 aliphatic rings. The van der Waals surface area contributed by atoms with E-state index in [0.717, 1.165) is 25.4 Å². The standard InChI is InChI=1S/C8H13N3OS/c1-10-4-5-12-8(6-10)7-2-3-11(13)9-7/h2-3,8,13H,4-6H2,1H3. The SMILES string of the molecule is CN1CCOC(c2ccn(S)n2)C1. The lowest BCUT2D eigenvalue weighted by Gasteiger charge is -2.28. The van der Waals surface area contributed by atoms with Crippen LogP contribution < -0.4 is 0 Å². The summed E-state index contributed by atoms with van der Waals surface area (Å²) in [6.45, 7) is 2.68. The third-order valence-electron chi connectivity index (χ3n) is 2.20. The molecule has 0 aromatic carbocycles. The lowest BCUT2D eigenvalue weighted by molar-refractivity contribution is -0.0231. The molecular formula is C8H13N3OS. The Morgan fingerprint density at radius 2 is 2.54 bits per heavy atom.